The molecule has 5 fully saturated rings. The quantitative estimate of drug-likeness (QED) is 0.122. The van der Waals surface area contributed by atoms with Crippen molar-refractivity contribution >= 4 is 45.2 Å². The first-order valence-electron chi connectivity index (χ1n) is 25.6. The molecule has 1 N–H and O–H groups in total. The van der Waals surface area contributed by atoms with E-state index < -0.39 is 0 Å². The molecule has 4 aromatic heterocycles. The lowest BCUT2D eigenvalue weighted by Crippen LogP contribution is -2.56. The fourth-order valence-corrected chi connectivity index (χ4v) is 10.7. The smallest absolute Gasteiger partial charge is 0.227 e. The Bertz CT molecular complexity index is 2650. The van der Waals surface area contributed by atoms with Gasteiger partial charge in [0, 0.05) is 125 Å². The standard InChI is InChI=1S/C52H65N13O5/c1-2-47-55-13-11-48(61-47)60-37-3-7-41(8-4-37)69-46-32-40(30-44-51(46)57-17-15-54-44)64-23-28-68-49(35-64)65(52-58-33-36(34-59-52)12-18-62-19-24-66-25-20-62)38-5-9-42(10-6-38)70-45-31-39(63-21-26-67-27-22-63)29-43-50(45)56-16-14-53-43/h11,13-17,29-34,37-38,41-42,49H,2-10,12,18-28,35H2,1H3,(H,55,60,61). The van der Waals surface area contributed by atoms with Crippen molar-refractivity contribution in [2.45, 2.75) is 102 Å². The third kappa shape index (κ3) is 10.9. The Morgan fingerprint density at radius 2 is 1.24 bits per heavy atom. The molecule has 70 heavy (non-hydrogen) atoms. The molecule has 0 spiro atoms. The molecule has 0 radical (unpaired) electrons. The van der Waals surface area contributed by atoms with Crippen molar-refractivity contribution in [3.8, 4) is 11.5 Å². The van der Waals surface area contributed by atoms with Gasteiger partial charge in [-0.15, -0.1) is 0 Å². The van der Waals surface area contributed by atoms with E-state index in [-0.39, 0.29) is 24.5 Å². The van der Waals surface area contributed by atoms with Crippen LogP contribution in [-0.2, 0) is 27.1 Å². The molecule has 6 aromatic rings. The third-order valence-electron chi connectivity index (χ3n) is 14.6. The van der Waals surface area contributed by atoms with Crippen LogP contribution in [0, 0.1) is 0 Å². The van der Waals surface area contributed by atoms with Gasteiger partial charge in [-0.05, 0) is 81.5 Å². The predicted molar refractivity (Wildman–Crippen MR) is 268 cm³/mol. The van der Waals surface area contributed by atoms with Gasteiger partial charge >= 0.3 is 0 Å². The maximum absolute atomic E-state index is 6.89. The summed E-state index contributed by atoms with van der Waals surface area (Å²) in [5, 5.41) is 3.64. The summed E-state index contributed by atoms with van der Waals surface area (Å²) in [6.45, 7) is 11.5. The minimum absolute atomic E-state index is 0.0198. The van der Waals surface area contributed by atoms with Crippen LogP contribution in [0.4, 0.5) is 23.1 Å². The molecule has 2 aromatic carbocycles. The van der Waals surface area contributed by atoms with E-state index in [1.165, 1.54) is 0 Å². The van der Waals surface area contributed by atoms with Crippen LogP contribution < -0.4 is 29.5 Å². The number of benzene rings is 2. The topological polar surface area (TPSA) is 174 Å². The summed E-state index contributed by atoms with van der Waals surface area (Å²) in [7, 11) is 0. The Kier molecular flexibility index (Phi) is 14.5. The highest BCUT2D eigenvalue weighted by atomic mass is 16.5. The van der Waals surface area contributed by atoms with Crippen LogP contribution in [0.3, 0.4) is 0 Å². The van der Waals surface area contributed by atoms with Gasteiger partial charge in [0.15, 0.2) is 0 Å². The molecule has 0 bridgehead atoms. The van der Waals surface area contributed by atoms with Crippen molar-refractivity contribution in [1.29, 1.82) is 0 Å². The highest BCUT2D eigenvalue weighted by molar-refractivity contribution is 5.86. The Hall–Kier alpha value is -6.08. The predicted octanol–water partition coefficient (Wildman–Crippen LogP) is 6.29. The molecule has 2 saturated carbocycles. The number of hydrogen-bond donors (Lipinski definition) is 1. The van der Waals surface area contributed by atoms with Gasteiger partial charge in [0.25, 0.3) is 0 Å². The molecule has 18 nitrogen and oxygen atoms in total. The molecule has 18 heteroatoms. The molecular weight excluding hydrogens is 887 g/mol. The Morgan fingerprint density at radius 3 is 1.90 bits per heavy atom. The summed E-state index contributed by atoms with van der Waals surface area (Å²) in [5.74, 6) is 3.99. The van der Waals surface area contributed by atoms with Crippen molar-refractivity contribution in [2.24, 2.45) is 0 Å². The van der Waals surface area contributed by atoms with Crippen LogP contribution >= 0.6 is 0 Å². The van der Waals surface area contributed by atoms with Crippen LogP contribution in [0.2, 0.25) is 0 Å². The summed E-state index contributed by atoms with van der Waals surface area (Å²) in [4.78, 5) is 47.7. The Labute approximate surface area is 409 Å². The number of hydrogen-bond acceptors (Lipinski definition) is 18. The van der Waals surface area contributed by atoms with Gasteiger partial charge in [-0.25, -0.2) is 29.9 Å². The average Bonchev–Trinajstić information content (AvgIpc) is 3.42. The number of nitrogens with zero attached hydrogens (tertiary/aromatic N) is 12. The molecule has 1 unspecified atom stereocenters. The van der Waals surface area contributed by atoms with Crippen molar-refractivity contribution in [3.05, 3.63) is 85.1 Å². The number of ether oxygens (including phenoxy) is 5. The number of morpholine rings is 3. The number of nitrogens with one attached hydrogen (secondary N) is 1. The summed E-state index contributed by atoms with van der Waals surface area (Å²) in [5.41, 5.74) is 6.47. The second-order valence-corrected chi connectivity index (χ2v) is 19.1. The van der Waals surface area contributed by atoms with E-state index in [1.54, 1.807) is 24.8 Å². The minimum atomic E-state index is -0.298. The fourth-order valence-electron chi connectivity index (χ4n) is 10.7. The minimum Gasteiger partial charge on any atom is -0.488 e. The van der Waals surface area contributed by atoms with Crippen molar-refractivity contribution < 1.29 is 23.7 Å². The largest absolute Gasteiger partial charge is 0.488 e. The first-order valence-corrected chi connectivity index (χ1v) is 25.6. The molecule has 368 valence electrons. The lowest BCUT2D eigenvalue weighted by atomic mass is 9.91. The van der Waals surface area contributed by atoms with Gasteiger partial charge in [0.1, 0.15) is 40.4 Å². The van der Waals surface area contributed by atoms with E-state index in [4.69, 9.17) is 48.6 Å². The normalized spacial score (nSPS) is 23.6. The van der Waals surface area contributed by atoms with Crippen LogP contribution in [0.5, 0.6) is 11.5 Å². The zero-order chi connectivity index (χ0) is 47.1. The van der Waals surface area contributed by atoms with Crippen molar-refractivity contribution in [2.75, 3.05) is 98.9 Å². The summed E-state index contributed by atoms with van der Waals surface area (Å²) < 4.78 is 31.8. The van der Waals surface area contributed by atoms with Crippen molar-refractivity contribution in [1.82, 2.24) is 44.8 Å². The van der Waals surface area contributed by atoms with E-state index in [0.29, 0.717) is 38.4 Å². The second kappa shape index (κ2) is 21.9. The molecule has 0 amide bonds. The summed E-state index contributed by atoms with van der Waals surface area (Å²) >= 11 is 0. The van der Waals surface area contributed by atoms with Gasteiger partial charge in [0.05, 0.1) is 62.8 Å². The third-order valence-corrected chi connectivity index (χ3v) is 14.6. The molecule has 2 aliphatic carbocycles. The van der Waals surface area contributed by atoms with Gasteiger partial charge in [-0.1, -0.05) is 6.92 Å². The van der Waals surface area contributed by atoms with Gasteiger partial charge in [-0.2, -0.15) is 0 Å². The van der Waals surface area contributed by atoms with Crippen LogP contribution in [0.1, 0.15) is 69.7 Å². The molecule has 3 aliphatic heterocycles. The number of fused-ring (bicyclic) bond motifs is 2. The molecule has 7 heterocycles. The van der Waals surface area contributed by atoms with Gasteiger partial charge < -0.3 is 43.7 Å². The van der Waals surface area contributed by atoms with E-state index in [1.807, 2.05) is 24.7 Å². The molecule has 3 saturated heterocycles. The van der Waals surface area contributed by atoms with Gasteiger partial charge in [-0.3, -0.25) is 14.9 Å². The molecule has 1 atom stereocenters. The Balaban J connectivity index is 0.804. The maximum atomic E-state index is 6.89. The second-order valence-electron chi connectivity index (χ2n) is 19.1. The first-order chi connectivity index (χ1) is 34.6. The SMILES string of the molecule is CCc1nccc(NC2CCC(Oc3cc(N4CCOC(N(c5ncc(CCN6CCOCC6)cn5)C5CCC(Oc6cc(N7CCOCC7)cc7nccnc67)CC5)C4)cc4nccnc34)CC2)n1. The van der Waals surface area contributed by atoms with Crippen LogP contribution in [0.25, 0.3) is 22.1 Å². The highest BCUT2D eigenvalue weighted by Crippen LogP contribution is 2.37. The highest BCUT2D eigenvalue weighted by Gasteiger charge is 2.37. The summed E-state index contributed by atoms with van der Waals surface area (Å²) in [6, 6.07) is 11.0. The molecular formula is C52H65N13O5. The number of rotatable bonds is 15. The summed E-state index contributed by atoms with van der Waals surface area (Å²) in [6.07, 6.45) is 21.7. The zero-order valence-electron chi connectivity index (χ0n) is 40.3. The van der Waals surface area contributed by atoms with Crippen LogP contribution in [0.15, 0.2) is 73.7 Å². The first kappa shape index (κ1) is 46.3. The van der Waals surface area contributed by atoms with Gasteiger partial charge in [0.2, 0.25) is 5.95 Å². The van der Waals surface area contributed by atoms with E-state index in [9.17, 15) is 0 Å². The molecule has 5 aliphatic rings. The van der Waals surface area contributed by atoms with Crippen LogP contribution in [-0.4, -0.2) is 154 Å². The lowest BCUT2D eigenvalue weighted by molar-refractivity contribution is 0.0258. The van der Waals surface area contributed by atoms with E-state index >= 15 is 0 Å². The lowest BCUT2D eigenvalue weighted by Gasteiger charge is -2.45. The fraction of sp³-hybridized carbons (Fsp3) is 0.538. The average molecular weight is 952 g/mol. The van der Waals surface area contributed by atoms with E-state index in [2.05, 4.69) is 71.1 Å². The monoisotopic (exact) mass is 952 g/mol. The maximum Gasteiger partial charge on any atom is 0.227 e. The van der Waals surface area contributed by atoms with Crippen molar-refractivity contribution in [3.63, 3.8) is 0 Å². The number of aryl methyl sites for hydroxylation is 1. The number of aromatic nitrogens is 8. The molecule has 11 rings (SSSR count). The zero-order valence-corrected chi connectivity index (χ0v) is 40.3. The number of anilines is 4. The Morgan fingerprint density at radius 1 is 0.643 bits per heavy atom. The van der Waals surface area contributed by atoms with E-state index in [0.717, 1.165) is 179 Å².